The van der Waals surface area contributed by atoms with Crippen LogP contribution in [0.1, 0.15) is 46.2 Å². The van der Waals surface area contributed by atoms with E-state index in [0.29, 0.717) is 5.56 Å². The first-order valence-corrected chi connectivity index (χ1v) is 10.5. The van der Waals surface area contributed by atoms with Crippen LogP contribution in [0, 0.1) is 34.0 Å². The number of alkyl halides is 3. The number of hydrogen-bond acceptors (Lipinski definition) is 5. The van der Waals surface area contributed by atoms with E-state index < -0.39 is 47.4 Å². The van der Waals surface area contributed by atoms with Gasteiger partial charge in [0, 0.05) is 18.3 Å². The normalized spacial score (nSPS) is 25.4. The van der Waals surface area contributed by atoms with Crippen molar-refractivity contribution in [1.29, 1.82) is 5.26 Å². The number of hydrogen-bond donors (Lipinski definition) is 3. The average Bonchev–Trinajstić information content (AvgIpc) is 3.15. The second-order valence-corrected chi connectivity index (χ2v) is 10.3. The van der Waals surface area contributed by atoms with Crippen molar-refractivity contribution in [1.82, 2.24) is 25.7 Å². The van der Waals surface area contributed by atoms with Crippen LogP contribution in [0.5, 0.6) is 0 Å². The van der Waals surface area contributed by atoms with Gasteiger partial charge in [-0.1, -0.05) is 34.6 Å². The van der Waals surface area contributed by atoms with E-state index in [1.807, 2.05) is 19.9 Å². The van der Waals surface area contributed by atoms with Crippen molar-refractivity contribution in [2.75, 3.05) is 6.54 Å². The number of aromatic amines is 1. The number of fused-ring (bicyclic) bond motifs is 1. The molecule has 1 unspecified atom stereocenters. The zero-order chi connectivity index (χ0) is 24.9. The molecule has 3 amide bonds. The number of rotatable bonds is 5. The monoisotopic (exact) mass is 468 g/mol. The molecule has 2 heterocycles. The zero-order valence-electron chi connectivity index (χ0n) is 18.9. The third kappa shape index (κ3) is 4.54. The fourth-order valence-electron chi connectivity index (χ4n) is 4.68. The molecular formula is C21H27F3N6O3. The summed E-state index contributed by atoms with van der Waals surface area (Å²) in [4.78, 5) is 39.5. The quantitative estimate of drug-likeness (QED) is 0.605. The minimum absolute atomic E-state index is 0.0226. The van der Waals surface area contributed by atoms with Gasteiger partial charge in [-0.15, -0.1) is 0 Å². The lowest BCUT2D eigenvalue weighted by molar-refractivity contribution is -0.176. The molecule has 1 saturated heterocycles. The van der Waals surface area contributed by atoms with Crippen LogP contribution < -0.4 is 10.6 Å². The highest BCUT2D eigenvalue weighted by molar-refractivity contribution is 5.95. The van der Waals surface area contributed by atoms with Gasteiger partial charge in [0.15, 0.2) is 0 Å². The van der Waals surface area contributed by atoms with Crippen molar-refractivity contribution in [2.45, 2.75) is 58.9 Å². The van der Waals surface area contributed by atoms with E-state index in [-0.39, 0.29) is 23.8 Å². The smallest absolute Gasteiger partial charge is 0.336 e. The van der Waals surface area contributed by atoms with E-state index in [1.165, 1.54) is 38.1 Å². The molecule has 2 aliphatic rings. The molecule has 180 valence electrons. The molecule has 9 nitrogen and oxygen atoms in total. The summed E-state index contributed by atoms with van der Waals surface area (Å²) in [5, 5.41) is 20.2. The lowest BCUT2D eigenvalue weighted by Gasteiger charge is -2.37. The Morgan fingerprint density at radius 1 is 1.27 bits per heavy atom. The van der Waals surface area contributed by atoms with Crippen molar-refractivity contribution >= 4 is 17.7 Å². The number of nitriles is 1. The second-order valence-electron chi connectivity index (χ2n) is 10.3. The molecule has 12 heteroatoms. The first-order chi connectivity index (χ1) is 15.1. The number of aromatic nitrogens is 2. The molecule has 3 N–H and O–H groups in total. The molecule has 1 aliphatic heterocycles. The number of nitrogens with zero attached hydrogens (tertiary/aromatic N) is 3. The van der Waals surface area contributed by atoms with Crippen LogP contribution >= 0.6 is 0 Å². The Hall–Kier alpha value is -3.10. The maximum atomic E-state index is 13.4. The van der Waals surface area contributed by atoms with Crippen molar-refractivity contribution in [3.05, 3.63) is 18.0 Å². The summed E-state index contributed by atoms with van der Waals surface area (Å²) in [6, 6.07) is -1.53. The molecule has 2 fully saturated rings. The molecule has 1 saturated carbocycles. The first-order valence-electron chi connectivity index (χ1n) is 10.5. The summed E-state index contributed by atoms with van der Waals surface area (Å²) in [5.74, 6) is -3.80. The van der Waals surface area contributed by atoms with E-state index in [0.717, 1.165) is 0 Å². The fourth-order valence-corrected chi connectivity index (χ4v) is 4.68. The summed E-state index contributed by atoms with van der Waals surface area (Å²) in [7, 11) is 0. The predicted octanol–water partition coefficient (Wildman–Crippen LogP) is 1.67. The predicted molar refractivity (Wildman–Crippen MR) is 109 cm³/mol. The van der Waals surface area contributed by atoms with Crippen LogP contribution in [0.2, 0.25) is 0 Å². The fraction of sp³-hybridized carbons (Fsp3) is 0.667. The van der Waals surface area contributed by atoms with Crippen LogP contribution in [-0.4, -0.2) is 57.6 Å². The minimum Gasteiger partial charge on any atom is -0.336 e. The standard InChI is InChI=1S/C21H27F3N6O3/c1-19(2,3)15(29-18(33)21(22,23)24)17(32)30-9-11-13(20(11,4)5)14(30)16(31)28-12(6-25)10-7-26-27-8-10/h7-8,11-15H,9H2,1-5H3,(H,26,27)(H,28,31)(H,29,33)/t11-,12?,13-,14-,15+/m0/s1. The van der Waals surface area contributed by atoms with Crippen LogP contribution in [0.15, 0.2) is 12.4 Å². The zero-order valence-corrected chi connectivity index (χ0v) is 18.9. The van der Waals surface area contributed by atoms with Gasteiger partial charge in [0.2, 0.25) is 11.8 Å². The maximum absolute atomic E-state index is 13.4. The van der Waals surface area contributed by atoms with Gasteiger partial charge in [0.1, 0.15) is 18.1 Å². The summed E-state index contributed by atoms with van der Waals surface area (Å²) in [5.41, 5.74) is -0.866. The molecule has 0 radical (unpaired) electrons. The van der Waals surface area contributed by atoms with Crippen molar-refractivity contribution in [3.63, 3.8) is 0 Å². The topological polar surface area (TPSA) is 131 Å². The van der Waals surface area contributed by atoms with Gasteiger partial charge in [-0.05, 0) is 22.7 Å². The Labute approximate surface area is 189 Å². The molecule has 0 aromatic carbocycles. The molecule has 1 aliphatic carbocycles. The summed E-state index contributed by atoms with van der Waals surface area (Å²) < 4.78 is 38.7. The number of halogens is 3. The van der Waals surface area contributed by atoms with Crippen LogP contribution in [0.25, 0.3) is 0 Å². The lowest BCUT2D eigenvalue weighted by atomic mass is 9.85. The molecule has 1 aromatic heterocycles. The summed E-state index contributed by atoms with van der Waals surface area (Å²) >= 11 is 0. The van der Waals surface area contributed by atoms with Gasteiger partial charge in [-0.3, -0.25) is 19.5 Å². The number of amides is 3. The average molecular weight is 468 g/mol. The van der Waals surface area contributed by atoms with Gasteiger partial charge < -0.3 is 15.5 Å². The van der Waals surface area contributed by atoms with Crippen molar-refractivity contribution in [2.24, 2.45) is 22.7 Å². The van der Waals surface area contributed by atoms with Crippen LogP contribution in [0.3, 0.4) is 0 Å². The summed E-state index contributed by atoms with van der Waals surface area (Å²) in [6.07, 6.45) is -2.31. The highest BCUT2D eigenvalue weighted by atomic mass is 19.4. The van der Waals surface area contributed by atoms with E-state index in [9.17, 15) is 32.8 Å². The Kier molecular flexibility index (Phi) is 5.98. The third-order valence-corrected chi connectivity index (χ3v) is 6.67. The number of likely N-dealkylation sites (tertiary alicyclic amines) is 1. The molecule has 33 heavy (non-hydrogen) atoms. The number of nitrogens with one attached hydrogen (secondary N) is 3. The van der Waals surface area contributed by atoms with Gasteiger partial charge in [-0.25, -0.2) is 0 Å². The Morgan fingerprint density at radius 3 is 2.39 bits per heavy atom. The minimum atomic E-state index is -5.15. The number of carbonyl (C=O) groups excluding carboxylic acids is 3. The number of piperidine rings is 1. The third-order valence-electron chi connectivity index (χ3n) is 6.67. The van der Waals surface area contributed by atoms with Crippen molar-refractivity contribution < 1.29 is 27.6 Å². The number of carbonyl (C=O) groups is 3. The van der Waals surface area contributed by atoms with Gasteiger partial charge >= 0.3 is 12.1 Å². The first kappa shape index (κ1) is 24.5. The van der Waals surface area contributed by atoms with Crippen molar-refractivity contribution in [3.8, 4) is 6.07 Å². The molecule has 0 bridgehead atoms. The van der Waals surface area contributed by atoms with Gasteiger partial charge in [0.05, 0.1) is 12.3 Å². The second kappa shape index (κ2) is 8.04. The number of H-pyrrole nitrogens is 1. The highest BCUT2D eigenvalue weighted by Gasteiger charge is 2.70. The molecule has 1 aromatic rings. The summed E-state index contributed by atoms with van der Waals surface area (Å²) in [6.45, 7) is 8.68. The Morgan fingerprint density at radius 2 is 1.91 bits per heavy atom. The highest BCUT2D eigenvalue weighted by Crippen LogP contribution is 2.65. The molecule has 3 rings (SSSR count). The maximum Gasteiger partial charge on any atom is 0.471 e. The molecular weight excluding hydrogens is 441 g/mol. The van der Waals surface area contributed by atoms with E-state index in [2.05, 4.69) is 15.5 Å². The van der Waals surface area contributed by atoms with Gasteiger partial charge in [0.25, 0.3) is 0 Å². The van der Waals surface area contributed by atoms with Gasteiger partial charge in [-0.2, -0.15) is 23.5 Å². The van der Waals surface area contributed by atoms with Crippen LogP contribution in [-0.2, 0) is 14.4 Å². The Balaban J connectivity index is 1.87. The SMILES string of the molecule is CC(C)(C)[C@H](NC(=O)C(F)(F)F)C(=O)N1C[C@H]2[C@@H]([C@H]1C(=O)NC(C#N)c1cn[nH]c1)C2(C)C. The molecule has 5 atom stereocenters. The van der Waals surface area contributed by atoms with E-state index >= 15 is 0 Å². The van der Waals surface area contributed by atoms with E-state index in [4.69, 9.17) is 0 Å². The Bertz CT molecular complexity index is 977. The van der Waals surface area contributed by atoms with Crippen LogP contribution in [0.4, 0.5) is 13.2 Å². The lowest BCUT2D eigenvalue weighted by Crippen LogP contribution is -2.60. The largest absolute Gasteiger partial charge is 0.471 e. The molecule has 0 spiro atoms. The van der Waals surface area contributed by atoms with E-state index in [1.54, 1.807) is 5.32 Å².